The van der Waals surface area contributed by atoms with Crippen LogP contribution in [0.2, 0.25) is 0 Å². The SMILES string of the molecule is CCC(=O)N1CCC[C@H]1C(=O)O[C@H]1CC[C@]2(C)[C@H]3CC[C@]4(C)[C@@H](C(C)CCCC(C)C)CC[C@H]4[C@@H]3C[C@@H](NCCc3cnc[nH]3)[C@@]2(O)C1. The van der Waals surface area contributed by atoms with Gasteiger partial charge in [-0.15, -0.1) is 0 Å². The maximum Gasteiger partial charge on any atom is 0.329 e. The Morgan fingerprint density at radius 2 is 1.92 bits per heavy atom. The third-order valence-electron chi connectivity index (χ3n) is 14.8. The van der Waals surface area contributed by atoms with Crippen LogP contribution < -0.4 is 5.32 Å². The van der Waals surface area contributed by atoms with E-state index < -0.39 is 11.6 Å². The van der Waals surface area contributed by atoms with Crippen LogP contribution in [0.3, 0.4) is 0 Å². The van der Waals surface area contributed by atoms with E-state index >= 15 is 0 Å². The zero-order valence-corrected chi connectivity index (χ0v) is 30.9. The fourth-order valence-electron chi connectivity index (χ4n) is 12.2. The lowest BCUT2D eigenvalue weighted by atomic mass is 9.42. The number of H-pyrrole nitrogens is 1. The van der Waals surface area contributed by atoms with E-state index in [0.717, 1.165) is 62.1 Å². The van der Waals surface area contributed by atoms with Crippen LogP contribution in [0.5, 0.6) is 0 Å². The zero-order chi connectivity index (χ0) is 34.3. The number of carbonyl (C=O) groups is 2. The van der Waals surface area contributed by atoms with Gasteiger partial charge in [-0.3, -0.25) is 4.79 Å². The molecule has 6 rings (SSSR count). The summed E-state index contributed by atoms with van der Waals surface area (Å²) in [6.45, 7) is 15.5. The molecule has 3 N–H and O–H groups in total. The summed E-state index contributed by atoms with van der Waals surface area (Å²) in [5, 5.41) is 17.0. The van der Waals surface area contributed by atoms with Crippen molar-refractivity contribution in [2.45, 2.75) is 162 Å². The fourth-order valence-corrected chi connectivity index (χ4v) is 12.2. The summed E-state index contributed by atoms with van der Waals surface area (Å²) in [4.78, 5) is 35.2. The van der Waals surface area contributed by atoms with Crippen molar-refractivity contribution in [3.8, 4) is 0 Å². The molecule has 1 saturated heterocycles. The minimum atomic E-state index is -0.976. The number of nitrogens with one attached hydrogen (secondary N) is 2. The maximum absolute atomic E-state index is 13.5. The van der Waals surface area contributed by atoms with Crippen LogP contribution in [0.1, 0.15) is 137 Å². The number of hydrogen-bond acceptors (Lipinski definition) is 6. The van der Waals surface area contributed by atoms with Gasteiger partial charge in [0.2, 0.25) is 5.91 Å². The summed E-state index contributed by atoms with van der Waals surface area (Å²) < 4.78 is 6.25. The van der Waals surface area contributed by atoms with E-state index in [0.29, 0.717) is 49.0 Å². The molecule has 5 fully saturated rings. The molecule has 0 bridgehead atoms. The number of fused-ring (bicyclic) bond motifs is 5. The number of aromatic amines is 1. The summed E-state index contributed by atoms with van der Waals surface area (Å²) in [5.41, 5.74) is 0.250. The Bertz CT molecular complexity index is 1250. The third kappa shape index (κ3) is 6.51. The Morgan fingerprint density at radius 1 is 1.10 bits per heavy atom. The van der Waals surface area contributed by atoms with Crippen LogP contribution in [-0.2, 0) is 20.7 Å². The number of imidazole rings is 1. The van der Waals surface area contributed by atoms with Crippen molar-refractivity contribution in [2.75, 3.05) is 13.1 Å². The Kier molecular flexibility index (Phi) is 10.7. The van der Waals surface area contributed by atoms with E-state index in [1.165, 1.54) is 44.9 Å². The van der Waals surface area contributed by atoms with Gasteiger partial charge in [0.05, 0.1) is 11.9 Å². The number of esters is 1. The van der Waals surface area contributed by atoms with Gasteiger partial charge in [0.25, 0.3) is 0 Å². The molecule has 48 heavy (non-hydrogen) atoms. The van der Waals surface area contributed by atoms with E-state index in [1.54, 1.807) is 11.2 Å². The number of hydrogen-bond donors (Lipinski definition) is 3. The number of likely N-dealkylation sites (tertiary alicyclic amines) is 1. The van der Waals surface area contributed by atoms with E-state index in [1.807, 2.05) is 13.1 Å². The van der Waals surface area contributed by atoms with Crippen molar-refractivity contribution in [1.29, 1.82) is 0 Å². The Hall–Kier alpha value is -1.93. The average molecular weight is 667 g/mol. The predicted octanol–water partition coefficient (Wildman–Crippen LogP) is 7.07. The smallest absolute Gasteiger partial charge is 0.329 e. The van der Waals surface area contributed by atoms with Crippen LogP contribution in [-0.4, -0.2) is 68.7 Å². The summed E-state index contributed by atoms with van der Waals surface area (Å²) in [5.74, 6) is 3.85. The minimum Gasteiger partial charge on any atom is -0.461 e. The van der Waals surface area contributed by atoms with Gasteiger partial charge in [0.15, 0.2) is 0 Å². The third-order valence-corrected chi connectivity index (χ3v) is 14.8. The van der Waals surface area contributed by atoms with Gasteiger partial charge in [-0.25, -0.2) is 9.78 Å². The van der Waals surface area contributed by atoms with Crippen LogP contribution in [0.4, 0.5) is 0 Å². The average Bonchev–Trinajstić information content (AvgIpc) is 3.82. The van der Waals surface area contributed by atoms with Crippen molar-refractivity contribution in [3.63, 3.8) is 0 Å². The molecule has 4 aliphatic carbocycles. The molecular weight excluding hydrogens is 600 g/mol. The molecule has 4 saturated carbocycles. The molecule has 8 heteroatoms. The van der Waals surface area contributed by atoms with Crippen molar-refractivity contribution < 1.29 is 19.4 Å². The molecule has 1 aromatic heterocycles. The second-order valence-corrected chi connectivity index (χ2v) is 17.7. The first kappa shape index (κ1) is 35.9. The predicted molar refractivity (Wildman–Crippen MR) is 189 cm³/mol. The molecule has 0 aromatic carbocycles. The van der Waals surface area contributed by atoms with E-state index in [4.69, 9.17) is 4.74 Å². The number of amides is 1. The quantitative estimate of drug-likeness (QED) is 0.206. The van der Waals surface area contributed by atoms with Gasteiger partial charge >= 0.3 is 5.97 Å². The highest BCUT2D eigenvalue weighted by molar-refractivity contribution is 5.85. The first-order valence-corrected chi connectivity index (χ1v) is 19.8. The van der Waals surface area contributed by atoms with E-state index in [2.05, 4.69) is 49.9 Å². The monoisotopic (exact) mass is 667 g/mol. The largest absolute Gasteiger partial charge is 0.461 e. The Balaban J connectivity index is 1.21. The number of aromatic nitrogens is 2. The van der Waals surface area contributed by atoms with Crippen molar-refractivity contribution in [3.05, 3.63) is 18.2 Å². The molecule has 11 atom stereocenters. The Morgan fingerprint density at radius 3 is 2.65 bits per heavy atom. The normalized spacial score (nSPS) is 39.9. The van der Waals surface area contributed by atoms with Gasteiger partial charge < -0.3 is 25.0 Å². The number of nitrogens with zero attached hydrogens (tertiary/aromatic N) is 2. The highest BCUT2D eigenvalue weighted by Crippen LogP contribution is 2.69. The molecule has 8 nitrogen and oxygen atoms in total. The first-order valence-electron chi connectivity index (χ1n) is 19.8. The number of carbonyl (C=O) groups excluding carboxylic acids is 2. The van der Waals surface area contributed by atoms with Crippen molar-refractivity contribution in [1.82, 2.24) is 20.2 Å². The molecular formula is C40H66N4O4. The summed E-state index contributed by atoms with van der Waals surface area (Å²) in [6, 6.07) is -0.554. The van der Waals surface area contributed by atoms with Crippen LogP contribution in [0.15, 0.2) is 12.5 Å². The molecule has 1 aliphatic heterocycles. The van der Waals surface area contributed by atoms with Gasteiger partial charge in [0, 0.05) is 55.7 Å². The molecule has 2 heterocycles. The van der Waals surface area contributed by atoms with Crippen LogP contribution in [0, 0.1) is 46.3 Å². The van der Waals surface area contributed by atoms with Crippen LogP contribution in [0.25, 0.3) is 0 Å². The van der Waals surface area contributed by atoms with Crippen molar-refractivity contribution in [2.24, 2.45) is 46.3 Å². The number of rotatable bonds is 12. The second kappa shape index (κ2) is 14.4. The lowest BCUT2D eigenvalue weighted by molar-refractivity contribution is -0.237. The molecule has 270 valence electrons. The van der Waals surface area contributed by atoms with Gasteiger partial charge in [-0.2, -0.15) is 0 Å². The standard InChI is InChI=1S/C40H66N4O4/c1-7-36(45)44-21-9-12-34(44)37(46)48-29-15-19-39(6)33-16-18-38(5)31(27(4)11-8-10-26(2)3)13-14-32(38)30(33)22-35(40(39,47)23-29)42-20-17-28-24-41-25-43-28/h24-27,29-35,42,47H,7-23H2,1-6H3,(H,41,43)/t27?,29-,30-,31+,32-,33-,34-,35+,38+,39+,40-/m0/s1. The Labute approximate surface area is 290 Å². The number of aliphatic hydroxyl groups is 1. The topological polar surface area (TPSA) is 108 Å². The van der Waals surface area contributed by atoms with E-state index in [9.17, 15) is 14.7 Å². The van der Waals surface area contributed by atoms with E-state index in [-0.39, 0.29) is 29.4 Å². The highest BCUT2D eigenvalue weighted by atomic mass is 16.5. The van der Waals surface area contributed by atoms with Crippen LogP contribution >= 0.6 is 0 Å². The lowest BCUT2D eigenvalue weighted by Crippen LogP contribution is -2.71. The molecule has 1 amide bonds. The van der Waals surface area contributed by atoms with Gasteiger partial charge in [-0.05, 0) is 98.7 Å². The van der Waals surface area contributed by atoms with Crippen molar-refractivity contribution >= 4 is 11.9 Å². The molecule has 0 radical (unpaired) electrons. The molecule has 0 spiro atoms. The summed E-state index contributed by atoms with van der Waals surface area (Å²) >= 11 is 0. The first-order chi connectivity index (χ1) is 22.9. The summed E-state index contributed by atoms with van der Waals surface area (Å²) in [7, 11) is 0. The molecule has 1 aromatic rings. The maximum atomic E-state index is 13.5. The molecule has 1 unspecified atom stereocenters. The summed E-state index contributed by atoms with van der Waals surface area (Å²) in [6.07, 6.45) is 18.2. The minimum absolute atomic E-state index is 0.0209. The van der Waals surface area contributed by atoms with Gasteiger partial charge in [-0.1, -0.05) is 60.8 Å². The zero-order valence-electron chi connectivity index (χ0n) is 30.9. The lowest BCUT2D eigenvalue weighted by Gasteiger charge is -2.66. The molecule has 5 aliphatic rings. The highest BCUT2D eigenvalue weighted by Gasteiger charge is 2.68. The van der Waals surface area contributed by atoms with Gasteiger partial charge in [0.1, 0.15) is 12.1 Å². The number of ether oxygens (including phenoxy) is 1. The fraction of sp³-hybridized carbons (Fsp3) is 0.875. The second-order valence-electron chi connectivity index (χ2n) is 17.7.